The van der Waals surface area contributed by atoms with E-state index in [4.69, 9.17) is 0 Å². The minimum absolute atomic E-state index is 0.0696. The van der Waals surface area contributed by atoms with Gasteiger partial charge in [-0.25, -0.2) is 0 Å². The Morgan fingerprint density at radius 2 is 0.710 bits per heavy atom. The van der Waals surface area contributed by atoms with Crippen molar-refractivity contribution in [3.8, 4) is 0 Å². The van der Waals surface area contributed by atoms with E-state index in [0.717, 1.165) is 109 Å². The predicted molar refractivity (Wildman–Crippen MR) is 275 cm³/mol. The number of unbranched alkanes of at least 4 members (excludes halogenated alkanes) is 15. The van der Waals surface area contributed by atoms with Crippen LogP contribution in [-0.4, -0.2) is 34.9 Å². The second kappa shape index (κ2) is 51.9. The van der Waals surface area contributed by atoms with Gasteiger partial charge in [0.2, 0.25) is 5.91 Å². The predicted octanol–water partition coefficient (Wildman–Crippen LogP) is 16.7. The highest BCUT2D eigenvalue weighted by Crippen LogP contribution is 2.14. The summed E-state index contributed by atoms with van der Waals surface area (Å²) in [5, 5.41) is 23.2. The zero-order valence-electron chi connectivity index (χ0n) is 40.1. The third-order valence-corrected chi connectivity index (χ3v) is 10.7. The monoisotopic (exact) mass is 854 g/mol. The second-order valence-electron chi connectivity index (χ2n) is 16.5. The lowest BCUT2D eigenvalue weighted by Gasteiger charge is -2.22. The van der Waals surface area contributed by atoms with E-state index in [9.17, 15) is 15.0 Å². The van der Waals surface area contributed by atoms with Crippen LogP contribution in [0.2, 0.25) is 0 Å². The van der Waals surface area contributed by atoms with Gasteiger partial charge in [0, 0.05) is 6.42 Å². The molecule has 0 radical (unpaired) electrons. The number of aliphatic hydroxyl groups is 2. The highest BCUT2D eigenvalue weighted by atomic mass is 16.3. The number of carbonyl (C=O) groups excluding carboxylic acids is 1. The van der Waals surface area contributed by atoms with E-state index in [1.807, 2.05) is 0 Å². The Bertz CT molecular complexity index is 1290. The van der Waals surface area contributed by atoms with Crippen LogP contribution in [0.4, 0.5) is 0 Å². The maximum atomic E-state index is 12.4. The summed E-state index contributed by atoms with van der Waals surface area (Å²) >= 11 is 0. The van der Waals surface area contributed by atoms with E-state index in [1.165, 1.54) is 70.6 Å². The molecule has 0 aliphatic carbocycles. The standard InChI is InChI=1S/C58H95NO3/c1-3-5-7-9-11-13-15-17-18-19-20-21-22-23-24-25-26-27-28-29-30-31-32-33-34-35-36-37-38-39-40-42-44-46-48-50-52-54-58(62)59-56(55-60)57(61)53-51-49-47-45-43-41-16-14-12-10-8-6-4-2/h5,7,11,13,17-18,20-21,23-24,26-27,29-30,32-33,35-36,38-39,42,44,56-57,60-61H,3-4,6,8-10,12,14-16,19,22,25,28,31,34,37,40-41,43,45-55H2,1-2H3,(H,59,62)/b7-5-,13-11-,18-17-,21-20-,24-23-,27-26-,30-29-,33-32-,36-35-,39-38-,44-42-. The van der Waals surface area contributed by atoms with Crippen LogP contribution in [0, 0.1) is 0 Å². The number of hydrogen-bond acceptors (Lipinski definition) is 3. The zero-order chi connectivity index (χ0) is 44.9. The molecule has 0 saturated heterocycles. The Kier molecular flexibility index (Phi) is 49.0. The van der Waals surface area contributed by atoms with Crippen LogP contribution in [0.1, 0.15) is 206 Å². The Morgan fingerprint density at radius 3 is 1.05 bits per heavy atom. The molecule has 0 spiro atoms. The van der Waals surface area contributed by atoms with Gasteiger partial charge in [0.1, 0.15) is 0 Å². The van der Waals surface area contributed by atoms with Crippen molar-refractivity contribution in [2.45, 2.75) is 219 Å². The van der Waals surface area contributed by atoms with E-state index in [1.54, 1.807) is 0 Å². The van der Waals surface area contributed by atoms with Crippen LogP contribution < -0.4 is 5.32 Å². The van der Waals surface area contributed by atoms with Gasteiger partial charge in [-0.15, -0.1) is 0 Å². The lowest BCUT2D eigenvalue weighted by atomic mass is 10.0. The fourth-order valence-corrected chi connectivity index (χ4v) is 6.83. The van der Waals surface area contributed by atoms with Crippen LogP contribution >= 0.6 is 0 Å². The van der Waals surface area contributed by atoms with Gasteiger partial charge in [0.05, 0.1) is 18.8 Å². The highest BCUT2D eigenvalue weighted by molar-refractivity contribution is 5.76. The summed E-state index contributed by atoms with van der Waals surface area (Å²) in [6, 6.07) is -0.563. The maximum Gasteiger partial charge on any atom is 0.220 e. The molecule has 0 aliphatic heterocycles. The molecular weight excluding hydrogens is 759 g/mol. The van der Waals surface area contributed by atoms with Crippen LogP contribution in [0.25, 0.3) is 0 Å². The number of amides is 1. The molecule has 350 valence electrons. The fraction of sp³-hybridized carbons (Fsp3) is 0.603. The molecule has 0 aromatic rings. The first-order valence-electron chi connectivity index (χ1n) is 25.4. The first-order chi connectivity index (χ1) is 30.7. The number of nitrogens with one attached hydrogen (secondary N) is 1. The number of carbonyl (C=O) groups is 1. The average molecular weight is 854 g/mol. The molecular formula is C58H95NO3. The van der Waals surface area contributed by atoms with E-state index < -0.39 is 12.1 Å². The lowest BCUT2D eigenvalue weighted by Crippen LogP contribution is -2.45. The smallest absolute Gasteiger partial charge is 0.220 e. The molecule has 2 atom stereocenters. The van der Waals surface area contributed by atoms with Crippen molar-refractivity contribution in [3.05, 3.63) is 134 Å². The molecule has 2 unspecified atom stereocenters. The molecule has 0 rings (SSSR count). The largest absolute Gasteiger partial charge is 0.394 e. The summed E-state index contributed by atoms with van der Waals surface area (Å²) in [6.07, 6.45) is 81.2. The van der Waals surface area contributed by atoms with E-state index in [0.29, 0.717) is 12.8 Å². The summed E-state index contributed by atoms with van der Waals surface area (Å²) in [5.41, 5.74) is 0. The van der Waals surface area contributed by atoms with Crippen LogP contribution in [-0.2, 0) is 4.79 Å². The molecule has 0 fully saturated rings. The van der Waals surface area contributed by atoms with Crippen molar-refractivity contribution in [1.82, 2.24) is 5.32 Å². The highest BCUT2D eigenvalue weighted by Gasteiger charge is 2.19. The van der Waals surface area contributed by atoms with Gasteiger partial charge in [0.25, 0.3) is 0 Å². The third kappa shape index (κ3) is 47.6. The number of allylic oxidation sites excluding steroid dienone is 22. The second-order valence-corrected chi connectivity index (χ2v) is 16.5. The lowest BCUT2D eigenvalue weighted by molar-refractivity contribution is -0.123. The number of rotatable bonds is 44. The Labute approximate surface area is 383 Å². The molecule has 0 aromatic heterocycles. The van der Waals surface area contributed by atoms with Crippen molar-refractivity contribution in [3.63, 3.8) is 0 Å². The topological polar surface area (TPSA) is 69.6 Å². The summed E-state index contributed by atoms with van der Waals surface area (Å²) < 4.78 is 0. The summed E-state index contributed by atoms with van der Waals surface area (Å²) in [6.45, 7) is 4.21. The van der Waals surface area contributed by atoms with Crippen molar-refractivity contribution in [2.24, 2.45) is 0 Å². The first kappa shape index (κ1) is 58.5. The van der Waals surface area contributed by atoms with Crippen molar-refractivity contribution in [2.75, 3.05) is 6.61 Å². The average Bonchev–Trinajstić information content (AvgIpc) is 3.28. The van der Waals surface area contributed by atoms with Gasteiger partial charge >= 0.3 is 0 Å². The molecule has 4 heteroatoms. The number of aliphatic hydroxyl groups excluding tert-OH is 2. The molecule has 3 N–H and O–H groups in total. The van der Waals surface area contributed by atoms with Gasteiger partial charge in [-0.05, 0) is 96.3 Å². The van der Waals surface area contributed by atoms with Gasteiger partial charge < -0.3 is 15.5 Å². The molecule has 0 heterocycles. The normalized spacial score (nSPS) is 14.1. The molecule has 0 saturated carbocycles. The van der Waals surface area contributed by atoms with Gasteiger partial charge in [-0.2, -0.15) is 0 Å². The quantitative estimate of drug-likeness (QED) is 0.0422. The van der Waals surface area contributed by atoms with Crippen LogP contribution in [0.3, 0.4) is 0 Å². The van der Waals surface area contributed by atoms with Crippen molar-refractivity contribution >= 4 is 5.91 Å². The van der Waals surface area contributed by atoms with Gasteiger partial charge in [0.15, 0.2) is 0 Å². The Balaban J connectivity index is 3.71. The van der Waals surface area contributed by atoms with Crippen molar-refractivity contribution in [1.29, 1.82) is 0 Å². The fourth-order valence-electron chi connectivity index (χ4n) is 6.83. The minimum atomic E-state index is -0.682. The molecule has 62 heavy (non-hydrogen) atoms. The molecule has 0 aliphatic rings. The van der Waals surface area contributed by atoms with Gasteiger partial charge in [-0.3, -0.25) is 4.79 Å². The summed E-state index contributed by atoms with van der Waals surface area (Å²) in [5.74, 6) is -0.0696. The minimum Gasteiger partial charge on any atom is -0.394 e. The van der Waals surface area contributed by atoms with E-state index in [2.05, 4.69) is 153 Å². The van der Waals surface area contributed by atoms with Crippen molar-refractivity contribution < 1.29 is 15.0 Å². The number of hydrogen-bond donors (Lipinski definition) is 3. The van der Waals surface area contributed by atoms with Crippen LogP contribution in [0.5, 0.6) is 0 Å². The third-order valence-electron chi connectivity index (χ3n) is 10.7. The first-order valence-corrected chi connectivity index (χ1v) is 25.4. The van der Waals surface area contributed by atoms with Gasteiger partial charge in [-0.1, -0.05) is 237 Å². The molecule has 4 nitrogen and oxygen atoms in total. The SMILES string of the molecule is CC/C=C\C/C=C\C/C=C\C/C=C\C/C=C\C/C=C\C/C=C\C/C=C\C/C=C\C/C=C\C/C=C\CCCCCC(=O)NC(CO)C(O)CCCCCCCCCCCCCCC. The maximum absolute atomic E-state index is 12.4. The summed E-state index contributed by atoms with van der Waals surface area (Å²) in [7, 11) is 0. The Morgan fingerprint density at radius 1 is 0.403 bits per heavy atom. The summed E-state index contributed by atoms with van der Waals surface area (Å²) in [4.78, 5) is 12.4. The molecule has 0 aromatic carbocycles. The Hall–Kier alpha value is -3.47. The van der Waals surface area contributed by atoms with E-state index >= 15 is 0 Å². The molecule has 1 amide bonds. The van der Waals surface area contributed by atoms with Crippen LogP contribution in [0.15, 0.2) is 134 Å². The zero-order valence-corrected chi connectivity index (χ0v) is 40.1. The molecule has 0 bridgehead atoms. The van der Waals surface area contributed by atoms with E-state index in [-0.39, 0.29) is 12.5 Å².